The molecule has 13 heavy (non-hydrogen) atoms. The Morgan fingerprint density at radius 2 is 2.23 bits per heavy atom. The summed E-state index contributed by atoms with van der Waals surface area (Å²) in [5.74, 6) is 0.627. The van der Waals surface area contributed by atoms with Gasteiger partial charge in [0.25, 0.3) is 0 Å². The monoisotopic (exact) mass is 196 g/mol. The van der Waals surface area contributed by atoms with Crippen LogP contribution in [0.5, 0.6) is 0 Å². The van der Waals surface area contributed by atoms with Crippen molar-refractivity contribution in [2.75, 3.05) is 0 Å². The van der Waals surface area contributed by atoms with Crippen LogP contribution in [0.1, 0.15) is 30.1 Å². The summed E-state index contributed by atoms with van der Waals surface area (Å²) in [6, 6.07) is 4.04. The number of hydrogen-bond donors (Lipinski definition) is 1. The maximum absolute atomic E-state index is 6.03. The summed E-state index contributed by atoms with van der Waals surface area (Å²) >= 11 is 6.01. The Morgan fingerprint density at radius 1 is 1.54 bits per heavy atom. The fourth-order valence-electron chi connectivity index (χ4n) is 1.49. The largest absolute Gasteiger partial charge is 0.324 e. The van der Waals surface area contributed by atoms with Gasteiger partial charge in [-0.3, -0.25) is 0 Å². The van der Waals surface area contributed by atoms with Crippen molar-refractivity contribution in [1.29, 1.82) is 0 Å². The van der Waals surface area contributed by atoms with Gasteiger partial charge in [0.2, 0.25) is 0 Å². The average Bonchev–Trinajstić information content (AvgIpc) is 2.85. The summed E-state index contributed by atoms with van der Waals surface area (Å²) in [7, 11) is 0. The Balaban J connectivity index is 2.28. The SMILES string of the molecule is Cc1ccc(C(N)C2CC2)c(Cl)n1. The molecular formula is C10H13ClN2. The van der Waals surface area contributed by atoms with Gasteiger partial charge in [-0.25, -0.2) is 4.98 Å². The molecule has 0 saturated heterocycles. The summed E-state index contributed by atoms with van der Waals surface area (Å²) < 4.78 is 0. The van der Waals surface area contributed by atoms with Crippen molar-refractivity contribution < 1.29 is 0 Å². The fourth-order valence-corrected chi connectivity index (χ4v) is 1.82. The number of aryl methyl sites for hydroxylation is 1. The lowest BCUT2D eigenvalue weighted by atomic mass is 10.1. The van der Waals surface area contributed by atoms with Crippen molar-refractivity contribution in [2.24, 2.45) is 11.7 Å². The zero-order chi connectivity index (χ0) is 9.42. The van der Waals surface area contributed by atoms with E-state index in [4.69, 9.17) is 17.3 Å². The van der Waals surface area contributed by atoms with Crippen LogP contribution in [0.2, 0.25) is 5.15 Å². The molecular weight excluding hydrogens is 184 g/mol. The summed E-state index contributed by atoms with van der Waals surface area (Å²) in [5, 5.41) is 0.569. The van der Waals surface area contributed by atoms with E-state index in [0.29, 0.717) is 11.1 Å². The molecule has 3 heteroatoms. The maximum Gasteiger partial charge on any atom is 0.134 e. The number of halogens is 1. The van der Waals surface area contributed by atoms with Gasteiger partial charge < -0.3 is 5.73 Å². The second-order valence-corrected chi connectivity index (χ2v) is 4.05. The van der Waals surface area contributed by atoms with Gasteiger partial charge in [0.1, 0.15) is 5.15 Å². The Labute approximate surface area is 83.1 Å². The molecule has 1 heterocycles. The number of nitrogens with zero attached hydrogens (tertiary/aromatic N) is 1. The van der Waals surface area contributed by atoms with E-state index < -0.39 is 0 Å². The molecule has 2 rings (SSSR count). The first-order valence-electron chi connectivity index (χ1n) is 4.57. The molecule has 1 aromatic rings. The highest BCUT2D eigenvalue weighted by Crippen LogP contribution is 2.40. The van der Waals surface area contributed by atoms with Crippen LogP contribution in [0.3, 0.4) is 0 Å². The van der Waals surface area contributed by atoms with Crippen LogP contribution in [-0.4, -0.2) is 4.98 Å². The predicted octanol–water partition coefficient (Wildman–Crippen LogP) is 2.45. The van der Waals surface area contributed by atoms with Crippen LogP contribution in [0.25, 0.3) is 0 Å². The fraction of sp³-hybridized carbons (Fsp3) is 0.500. The van der Waals surface area contributed by atoms with E-state index in [1.54, 1.807) is 0 Å². The lowest BCUT2D eigenvalue weighted by Gasteiger charge is -2.11. The molecule has 2 nitrogen and oxygen atoms in total. The van der Waals surface area contributed by atoms with Gasteiger partial charge in [-0.1, -0.05) is 17.7 Å². The van der Waals surface area contributed by atoms with Gasteiger partial charge in [-0.2, -0.15) is 0 Å². The summed E-state index contributed by atoms with van der Waals surface area (Å²) in [5.41, 5.74) is 7.96. The number of aromatic nitrogens is 1. The van der Waals surface area contributed by atoms with E-state index in [-0.39, 0.29) is 6.04 Å². The first kappa shape index (κ1) is 8.97. The molecule has 0 bridgehead atoms. The number of nitrogens with two attached hydrogens (primary N) is 1. The molecule has 1 unspecified atom stereocenters. The minimum absolute atomic E-state index is 0.0839. The molecule has 1 aromatic heterocycles. The normalized spacial score (nSPS) is 18.7. The van der Waals surface area contributed by atoms with Crippen molar-refractivity contribution in [1.82, 2.24) is 4.98 Å². The second-order valence-electron chi connectivity index (χ2n) is 3.70. The summed E-state index contributed by atoms with van der Waals surface area (Å²) in [4.78, 5) is 4.19. The van der Waals surface area contributed by atoms with Crippen LogP contribution in [-0.2, 0) is 0 Å². The molecule has 0 amide bonds. The van der Waals surface area contributed by atoms with Crippen molar-refractivity contribution in [3.05, 3.63) is 28.5 Å². The highest BCUT2D eigenvalue weighted by molar-refractivity contribution is 6.30. The minimum Gasteiger partial charge on any atom is -0.324 e. The third kappa shape index (κ3) is 1.84. The molecule has 2 N–H and O–H groups in total. The standard InChI is InChI=1S/C10H13ClN2/c1-6-2-5-8(10(11)13-6)9(12)7-3-4-7/h2,5,7,9H,3-4,12H2,1H3. The predicted molar refractivity (Wildman–Crippen MR) is 53.6 cm³/mol. The Bertz CT molecular complexity index is 321. The van der Waals surface area contributed by atoms with Gasteiger partial charge in [0.05, 0.1) is 0 Å². The first-order chi connectivity index (χ1) is 6.18. The second kappa shape index (κ2) is 3.28. The zero-order valence-corrected chi connectivity index (χ0v) is 8.38. The van der Waals surface area contributed by atoms with Gasteiger partial charge in [0.15, 0.2) is 0 Å². The Hall–Kier alpha value is -0.600. The quantitative estimate of drug-likeness (QED) is 0.739. The summed E-state index contributed by atoms with van der Waals surface area (Å²) in [6.07, 6.45) is 2.46. The first-order valence-corrected chi connectivity index (χ1v) is 4.95. The lowest BCUT2D eigenvalue weighted by molar-refractivity contribution is 0.631. The van der Waals surface area contributed by atoms with Crippen LogP contribution >= 0.6 is 11.6 Å². The molecule has 1 aliphatic rings. The van der Waals surface area contributed by atoms with E-state index >= 15 is 0 Å². The molecule has 1 saturated carbocycles. The van der Waals surface area contributed by atoms with E-state index in [2.05, 4.69) is 4.98 Å². The van der Waals surface area contributed by atoms with Gasteiger partial charge in [-0.05, 0) is 31.7 Å². The Kier molecular flexibility index (Phi) is 2.26. The lowest BCUT2D eigenvalue weighted by Crippen LogP contribution is -2.13. The third-order valence-electron chi connectivity index (χ3n) is 2.51. The minimum atomic E-state index is 0.0839. The number of rotatable bonds is 2. The van der Waals surface area contributed by atoms with Crippen LogP contribution in [0.4, 0.5) is 0 Å². The van der Waals surface area contributed by atoms with E-state index in [1.807, 2.05) is 19.1 Å². The van der Waals surface area contributed by atoms with E-state index in [9.17, 15) is 0 Å². The van der Waals surface area contributed by atoms with Gasteiger partial charge in [0, 0.05) is 17.3 Å². The van der Waals surface area contributed by atoms with E-state index in [1.165, 1.54) is 12.8 Å². The molecule has 1 aliphatic carbocycles. The van der Waals surface area contributed by atoms with Gasteiger partial charge in [-0.15, -0.1) is 0 Å². The van der Waals surface area contributed by atoms with Crippen molar-refractivity contribution >= 4 is 11.6 Å². The maximum atomic E-state index is 6.03. The molecule has 1 atom stereocenters. The molecule has 0 aromatic carbocycles. The van der Waals surface area contributed by atoms with Crippen LogP contribution < -0.4 is 5.73 Å². The number of pyridine rings is 1. The highest BCUT2D eigenvalue weighted by atomic mass is 35.5. The van der Waals surface area contributed by atoms with Crippen molar-refractivity contribution in [3.63, 3.8) is 0 Å². The Morgan fingerprint density at radius 3 is 2.77 bits per heavy atom. The molecule has 0 radical (unpaired) electrons. The van der Waals surface area contributed by atoms with Crippen LogP contribution in [0, 0.1) is 12.8 Å². The molecule has 0 aliphatic heterocycles. The third-order valence-corrected chi connectivity index (χ3v) is 2.81. The number of hydrogen-bond acceptors (Lipinski definition) is 2. The van der Waals surface area contributed by atoms with Crippen molar-refractivity contribution in [3.8, 4) is 0 Å². The average molecular weight is 197 g/mol. The molecule has 70 valence electrons. The topological polar surface area (TPSA) is 38.9 Å². The smallest absolute Gasteiger partial charge is 0.134 e. The zero-order valence-electron chi connectivity index (χ0n) is 7.63. The highest BCUT2D eigenvalue weighted by Gasteiger charge is 2.30. The molecule has 1 fully saturated rings. The van der Waals surface area contributed by atoms with Crippen LogP contribution in [0.15, 0.2) is 12.1 Å². The van der Waals surface area contributed by atoms with E-state index in [0.717, 1.165) is 11.3 Å². The van der Waals surface area contributed by atoms with Crippen molar-refractivity contribution in [2.45, 2.75) is 25.8 Å². The van der Waals surface area contributed by atoms with Gasteiger partial charge >= 0.3 is 0 Å². The molecule has 0 spiro atoms. The summed E-state index contributed by atoms with van der Waals surface area (Å²) in [6.45, 7) is 1.93.